The van der Waals surface area contributed by atoms with Crippen LogP contribution in [0.3, 0.4) is 0 Å². The fourth-order valence-corrected chi connectivity index (χ4v) is 2.11. The maximum absolute atomic E-state index is 4.28. The van der Waals surface area contributed by atoms with E-state index < -0.39 is 0 Å². The molecule has 0 radical (unpaired) electrons. The normalized spacial score (nSPS) is 10.6. The van der Waals surface area contributed by atoms with Crippen LogP contribution in [0.15, 0.2) is 55.0 Å². The number of aromatic nitrogens is 2. The molecule has 0 saturated heterocycles. The third-order valence-electron chi connectivity index (χ3n) is 3.17. The summed E-state index contributed by atoms with van der Waals surface area (Å²) < 4.78 is 0. The van der Waals surface area contributed by atoms with Crippen LogP contribution in [0, 0.1) is 6.92 Å². The topological polar surface area (TPSA) is 37.8 Å². The van der Waals surface area contributed by atoms with Crippen molar-refractivity contribution in [3.8, 4) is 0 Å². The van der Waals surface area contributed by atoms with Gasteiger partial charge in [0.25, 0.3) is 0 Å². The van der Waals surface area contributed by atoms with E-state index in [1.165, 1.54) is 16.3 Å². The minimum absolute atomic E-state index is 0.784. The predicted octanol–water partition coefficient (Wildman–Crippen LogP) is 3.55. The van der Waals surface area contributed by atoms with Crippen LogP contribution in [0.5, 0.6) is 0 Å². The molecule has 3 rings (SSSR count). The van der Waals surface area contributed by atoms with Crippen molar-refractivity contribution in [2.75, 3.05) is 5.32 Å². The van der Waals surface area contributed by atoms with E-state index >= 15 is 0 Å². The Morgan fingerprint density at radius 1 is 1.05 bits per heavy atom. The number of pyridine rings is 2. The molecule has 2 aromatic heterocycles. The maximum Gasteiger partial charge on any atom is 0.0529 e. The van der Waals surface area contributed by atoms with Gasteiger partial charge in [-0.15, -0.1) is 0 Å². The van der Waals surface area contributed by atoms with Gasteiger partial charge in [0.15, 0.2) is 0 Å². The molecule has 0 spiro atoms. The van der Waals surface area contributed by atoms with E-state index in [1.54, 1.807) is 0 Å². The van der Waals surface area contributed by atoms with E-state index in [0.29, 0.717) is 0 Å². The van der Waals surface area contributed by atoms with E-state index in [2.05, 4.69) is 45.6 Å². The van der Waals surface area contributed by atoms with Crippen LogP contribution < -0.4 is 5.32 Å². The Morgan fingerprint density at radius 2 is 2.00 bits per heavy atom. The molecule has 19 heavy (non-hydrogen) atoms. The van der Waals surface area contributed by atoms with Crippen molar-refractivity contribution < 1.29 is 0 Å². The quantitative estimate of drug-likeness (QED) is 0.771. The van der Waals surface area contributed by atoms with Gasteiger partial charge in [0.1, 0.15) is 0 Å². The molecular formula is C16H15N3. The van der Waals surface area contributed by atoms with E-state index in [9.17, 15) is 0 Å². The SMILES string of the molecule is Cc1ccc(NCc2cccc3cnccc23)cn1. The molecule has 0 aliphatic rings. The van der Waals surface area contributed by atoms with Crippen LogP contribution >= 0.6 is 0 Å². The van der Waals surface area contributed by atoms with Gasteiger partial charge in [-0.25, -0.2) is 0 Å². The van der Waals surface area contributed by atoms with Gasteiger partial charge >= 0.3 is 0 Å². The summed E-state index contributed by atoms with van der Waals surface area (Å²) in [6, 6.07) is 12.4. The lowest BCUT2D eigenvalue weighted by molar-refractivity contribution is 1.13. The Bertz CT molecular complexity index is 684. The van der Waals surface area contributed by atoms with E-state index in [1.807, 2.05) is 31.6 Å². The first-order valence-corrected chi connectivity index (χ1v) is 6.31. The molecule has 0 unspecified atom stereocenters. The molecule has 0 aliphatic heterocycles. The van der Waals surface area contributed by atoms with Crippen molar-refractivity contribution >= 4 is 16.5 Å². The van der Waals surface area contributed by atoms with E-state index in [0.717, 1.165) is 17.9 Å². The number of hydrogen-bond donors (Lipinski definition) is 1. The monoisotopic (exact) mass is 249 g/mol. The minimum Gasteiger partial charge on any atom is -0.380 e. The maximum atomic E-state index is 4.28. The molecule has 0 atom stereocenters. The van der Waals surface area contributed by atoms with Crippen LogP contribution in [-0.2, 0) is 6.54 Å². The van der Waals surface area contributed by atoms with Crippen molar-refractivity contribution in [1.29, 1.82) is 0 Å². The summed E-state index contributed by atoms with van der Waals surface area (Å²) in [5.74, 6) is 0. The molecule has 1 N–H and O–H groups in total. The summed E-state index contributed by atoms with van der Waals surface area (Å²) in [6.07, 6.45) is 5.59. The van der Waals surface area contributed by atoms with Crippen LogP contribution in [0.4, 0.5) is 5.69 Å². The van der Waals surface area contributed by atoms with E-state index in [4.69, 9.17) is 0 Å². The fraction of sp³-hybridized carbons (Fsp3) is 0.125. The molecule has 0 fully saturated rings. The van der Waals surface area contributed by atoms with Gasteiger partial charge < -0.3 is 5.32 Å². The molecule has 0 bridgehead atoms. The van der Waals surface area contributed by atoms with Crippen LogP contribution in [0.1, 0.15) is 11.3 Å². The number of nitrogens with one attached hydrogen (secondary N) is 1. The number of nitrogens with zero attached hydrogens (tertiary/aromatic N) is 2. The molecule has 94 valence electrons. The third kappa shape index (κ3) is 2.55. The molecule has 0 amide bonds. The fourth-order valence-electron chi connectivity index (χ4n) is 2.11. The second kappa shape index (κ2) is 5.06. The summed E-state index contributed by atoms with van der Waals surface area (Å²) in [7, 11) is 0. The van der Waals surface area contributed by atoms with Gasteiger partial charge in [0.2, 0.25) is 0 Å². The van der Waals surface area contributed by atoms with Crippen molar-refractivity contribution in [2.45, 2.75) is 13.5 Å². The number of fused-ring (bicyclic) bond motifs is 1. The summed E-state index contributed by atoms with van der Waals surface area (Å²) in [6.45, 7) is 2.77. The summed E-state index contributed by atoms with van der Waals surface area (Å²) in [4.78, 5) is 8.43. The molecule has 0 aliphatic carbocycles. The molecule has 0 saturated carbocycles. The lowest BCUT2D eigenvalue weighted by Crippen LogP contribution is -2.00. The second-order valence-corrected chi connectivity index (χ2v) is 4.56. The van der Waals surface area contributed by atoms with E-state index in [-0.39, 0.29) is 0 Å². The zero-order valence-corrected chi connectivity index (χ0v) is 10.8. The average molecular weight is 249 g/mol. The Labute approximate surface area is 112 Å². The third-order valence-corrected chi connectivity index (χ3v) is 3.17. The number of aryl methyl sites for hydroxylation is 1. The van der Waals surface area contributed by atoms with Crippen LogP contribution in [0.2, 0.25) is 0 Å². The minimum atomic E-state index is 0.784. The zero-order valence-electron chi connectivity index (χ0n) is 10.8. The second-order valence-electron chi connectivity index (χ2n) is 4.56. The van der Waals surface area contributed by atoms with Gasteiger partial charge in [-0.1, -0.05) is 18.2 Å². The number of rotatable bonds is 3. The van der Waals surface area contributed by atoms with Crippen LogP contribution in [-0.4, -0.2) is 9.97 Å². The number of benzene rings is 1. The molecule has 3 aromatic rings. The highest BCUT2D eigenvalue weighted by atomic mass is 14.9. The van der Waals surface area contributed by atoms with Gasteiger partial charge in [0.05, 0.1) is 11.9 Å². The largest absolute Gasteiger partial charge is 0.380 e. The Kier molecular flexibility index (Phi) is 3.11. The van der Waals surface area contributed by atoms with Crippen LogP contribution in [0.25, 0.3) is 10.8 Å². The molecular weight excluding hydrogens is 234 g/mol. The number of hydrogen-bond acceptors (Lipinski definition) is 3. The summed E-state index contributed by atoms with van der Waals surface area (Å²) in [5.41, 5.74) is 3.33. The van der Waals surface area contributed by atoms with Crippen molar-refractivity contribution in [3.63, 3.8) is 0 Å². The summed E-state index contributed by atoms with van der Waals surface area (Å²) in [5, 5.41) is 5.81. The highest BCUT2D eigenvalue weighted by Gasteiger charge is 2.00. The molecule has 1 aromatic carbocycles. The molecule has 2 heterocycles. The number of anilines is 1. The highest BCUT2D eigenvalue weighted by molar-refractivity contribution is 5.84. The predicted molar refractivity (Wildman–Crippen MR) is 78.0 cm³/mol. The lowest BCUT2D eigenvalue weighted by Gasteiger charge is -2.09. The first-order valence-electron chi connectivity index (χ1n) is 6.31. The van der Waals surface area contributed by atoms with Crippen molar-refractivity contribution in [1.82, 2.24) is 9.97 Å². The molecule has 3 nitrogen and oxygen atoms in total. The summed E-state index contributed by atoms with van der Waals surface area (Å²) >= 11 is 0. The first kappa shape index (κ1) is 11.7. The highest BCUT2D eigenvalue weighted by Crippen LogP contribution is 2.18. The average Bonchev–Trinajstić information content (AvgIpc) is 2.47. The van der Waals surface area contributed by atoms with Crippen molar-refractivity contribution in [3.05, 3.63) is 66.2 Å². The van der Waals surface area contributed by atoms with Crippen molar-refractivity contribution in [2.24, 2.45) is 0 Å². The zero-order chi connectivity index (χ0) is 13.1. The van der Waals surface area contributed by atoms with Gasteiger partial charge in [-0.2, -0.15) is 0 Å². The Morgan fingerprint density at radius 3 is 2.84 bits per heavy atom. The van der Waals surface area contributed by atoms with Gasteiger partial charge in [-0.05, 0) is 36.1 Å². The lowest BCUT2D eigenvalue weighted by atomic mass is 10.1. The van der Waals surface area contributed by atoms with Gasteiger partial charge in [-0.3, -0.25) is 9.97 Å². The first-order chi connectivity index (χ1) is 9.33. The standard InChI is InChI=1S/C16H15N3/c1-12-5-6-15(11-18-12)19-10-14-4-2-3-13-9-17-8-7-16(13)14/h2-9,11,19H,10H2,1H3. The Balaban J connectivity index is 1.84. The molecule has 3 heteroatoms. The Hall–Kier alpha value is -2.42. The van der Waals surface area contributed by atoms with Gasteiger partial charge in [0, 0.05) is 30.0 Å². The smallest absolute Gasteiger partial charge is 0.0529 e.